The molecule has 1 aromatic heterocycles. The van der Waals surface area contributed by atoms with E-state index in [1.54, 1.807) is 0 Å². The van der Waals surface area contributed by atoms with Gasteiger partial charge in [-0.2, -0.15) is 0 Å². The Balaban J connectivity index is 1.77. The summed E-state index contributed by atoms with van der Waals surface area (Å²) in [5.74, 6) is 0.0152. The lowest BCUT2D eigenvalue weighted by molar-refractivity contribution is -0.143. The topological polar surface area (TPSA) is 57.6 Å². The predicted octanol–water partition coefficient (Wildman–Crippen LogP) is 2.71. The molecule has 0 saturated heterocycles. The van der Waals surface area contributed by atoms with E-state index in [1.165, 1.54) is 28.0 Å². The summed E-state index contributed by atoms with van der Waals surface area (Å²) in [5.41, 5.74) is 0. The minimum absolute atomic E-state index is 0.0856. The number of hydrogen-bond acceptors (Lipinski definition) is 4. The van der Waals surface area contributed by atoms with Crippen molar-refractivity contribution in [3.8, 4) is 0 Å². The maximum Gasteiger partial charge on any atom is 0.323 e. The second-order valence-electron chi connectivity index (χ2n) is 4.35. The number of carbonyl (C=O) groups excluding carboxylic acids is 1. The summed E-state index contributed by atoms with van der Waals surface area (Å²) < 4.78 is 0.743. The van der Waals surface area contributed by atoms with Crippen LogP contribution in [-0.4, -0.2) is 40.2 Å². The summed E-state index contributed by atoms with van der Waals surface area (Å²) >= 11 is 8.83. The van der Waals surface area contributed by atoms with Gasteiger partial charge in [0.1, 0.15) is 6.54 Å². The summed E-state index contributed by atoms with van der Waals surface area (Å²) in [6.07, 6.45) is 1.84. The van der Waals surface area contributed by atoms with Gasteiger partial charge in [-0.3, -0.25) is 9.59 Å². The van der Waals surface area contributed by atoms with Gasteiger partial charge in [-0.05, 0) is 25.0 Å². The highest BCUT2D eigenvalue weighted by Crippen LogP contribution is 2.28. The quantitative estimate of drug-likeness (QED) is 0.839. The van der Waals surface area contributed by atoms with E-state index in [4.69, 9.17) is 16.7 Å². The number of thioether (sulfide) groups is 1. The highest BCUT2D eigenvalue weighted by Gasteiger charge is 2.33. The first kappa shape index (κ1) is 14.7. The molecule has 4 nitrogen and oxygen atoms in total. The Morgan fingerprint density at radius 1 is 1.47 bits per heavy atom. The average molecular weight is 320 g/mol. The predicted molar refractivity (Wildman–Crippen MR) is 77.9 cm³/mol. The van der Waals surface area contributed by atoms with Crippen molar-refractivity contribution in [3.05, 3.63) is 21.3 Å². The zero-order valence-corrected chi connectivity index (χ0v) is 12.6. The van der Waals surface area contributed by atoms with Gasteiger partial charge in [-0.25, -0.2) is 0 Å². The van der Waals surface area contributed by atoms with Crippen LogP contribution in [0, 0.1) is 0 Å². The molecule has 0 aromatic carbocycles. The van der Waals surface area contributed by atoms with Crippen LogP contribution in [0.25, 0.3) is 0 Å². The van der Waals surface area contributed by atoms with E-state index < -0.39 is 5.97 Å². The smallest absolute Gasteiger partial charge is 0.323 e. The number of nitrogens with zero attached hydrogens (tertiary/aromatic N) is 1. The van der Waals surface area contributed by atoms with E-state index in [0.717, 1.165) is 27.8 Å². The maximum atomic E-state index is 12.0. The van der Waals surface area contributed by atoms with E-state index in [0.29, 0.717) is 5.75 Å². The minimum Gasteiger partial charge on any atom is -0.480 e. The summed E-state index contributed by atoms with van der Waals surface area (Å²) in [6.45, 7) is -0.186. The first-order valence-corrected chi connectivity index (χ1v) is 8.24. The van der Waals surface area contributed by atoms with Crippen molar-refractivity contribution in [2.45, 2.75) is 24.6 Å². The molecule has 1 aliphatic rings. The molecule has 104 valence electrons. The van der Waals surface area contributed by atoms with Gasteiger partial charge >= 0.3 is 5.97 Å². The first-order valence-electron chi connectivity index (χ1n) is 5.89. The first-order chi connectivity index (χ1) is 9.06. The monoisotopic (exact) mass is 319 g/mol. The van der Waals surface area contributed by atoms with Crippen LogP contribution in [0.3, 0.4) is 0 Å². The molecular weight excluding hydrogens is 306 g/mol. The molecule has 1 fully saturated rings. The molecule has 1 aromatic rings. The highest BCUT2D eigenvalue weighted by molar-refractivity contribution is 7.99. The van der Waals surface area contributed by atoms with Crippen LogP contribution in [0.2, 0.25) is 4.34 Å². The van der Waals surface area contributed by atoms with E-state index in [1.807, 2.05) is 12.1 Å². The maximum absolute atomic E-state index is 12.0. The average Bonchev–Trinajstić information content (AvgIpc) is 3.10. The molecule has 2 rings (SSSR count). The second kappa shape index (κ2) is 6.63. The van der Waals surface area contributed by atoms with Crippen LogP contribution in [0.5, 0.6) is 0 Å². The number of halogens is 1. The van der Waals surface area contributed by atoms with Crippen LogP contribution in [0.4, 0.5) is 0 Å². The fourth-order valence-electron chi connectivity index (χ4n) is 1.70. The number of amides is 1. The molecule has 0 bridgehead atoms. The fraction of sp³-hybridized carbons (Fsp3) is 0.500. The molecule has 1 aliphatic carbocycles. The fourth-order valence-corrected chi connectivity index (χ4v) is 3.81. The lowest BCUT2D eigenvalue weighted by Crippen LogP contribution is -2.38. The van der Waals surface area contributed by atoms with Crippen LogP contribution in [0.15, 0.2) is 12.1 Å². The molecule has 1 amide bonds. The number of thiophene rings is 1. The van der Waals surface area contributed by atoms with E-state index >= 15 is 0 Å². The Morgan fingerprint density at radius 3 is 2.74 bits per heavy atom. The number of rotatable bonds is 7. The third kappa shape index (κ3) is 4.71. The molecule has 0 unspecified atom stereocenters. The van der Waals surface area contributed by atoms with Crippen LogP contribution in [-0.2, 0) is 15.3 Å². The lowest BCUT2D eigenvalue weighted by atomic mass is 10.4. The van der Waals surface area contributed by atoms with Gasteiger partial charge in [-0.15, -0.1) is 23.1 Å². The normalized spacial score (nSPS) is 14.4. The molecule has 0 atom stereocenters. The van der Waals surface area contributed by atoms with Crippen molar-refractivity contribution in [2.24, 2.45) is 0 Å². The van der Waals surface area contributed by atoms with Crippen LogP contribution in [0.1, 0.15) is 17.7 Å². The Kier molecular flexibility index (Phi) is 5.13. The van der Waals surface area contributed by atoms with Crippen LogP contribution >= 0.6 is 34.7 Å². The number of aliphatic carboxylic acids is 1. The van der Waals surface area contributed by atoms with Gasteiger partial charge in [0.2, 0.25) is 5.91 Å². The standard InChI is InChI=1S/C12H14ClNO3S2/c13-10-4-3-9(19-10)6-18-7-11(15)14(5-12(16)17)8-1-2-8/h3-4,8H,1-2,5-7H2,(H,16,17). The van der Waals surface area contributed by atoms with Crippen molar-refractivity contribution in [3.63, 3.8) is 0 Å². The zero-order valence-electron chi connectivity index (χ0n) is 10.2. The van der Waals surface area contributed by atoms with Crippen molar-refractivity contribution in [2.75, 3.05) is 12.3 Å². The second-order valence-corrected chi connectivity index (χ2v) is 7.13. The Labute approximate surface area is 124 Å². The third-order valence-corrected chi connectivity index (χ3v) is 5.09. The van der Waals surface area contributed by atoms with Crippen molar-refractivity contribution in [1.29, 1.82) is 0 Å². The third-order valence-electron chi connectivity index (χ3n) is 2.71. The van der Waals surface area contributed by atoms with Gasteiger partial charge < -0.3 is 10.0 Å². The SMILES string of the molecule is O=C(O)CN(C(=O)CSCc1ccc(Cl)s1)C1CC1. The van der Waals surface area contributed by atoms with Gasteiger partial charge in [0.15, 0.2) is 0 Å². The van der Waals surface area contributed by atoms with E-state index in [9.17, 15) is 9.59 Å². The number of carboxylic acids is 1. The molecule has 19 heavy (non-hydrogen) atoms. The molecule has 1 heterocycles. The molecule has 1 saturated carbocycles. The minimum atomic E-state index is -0.949. The van der Waals surface area contributed by atoms with E-state index in [-0.39, 0.29) is 18.5 Å². The Hall–Kier alpha value is -0.720. The Morgan fingerprint density at radius 2 is 2.21 bits per heavy atom. The van der Waals surface area contributed by atoms with Gasteiger partial charge in [0.25, 0.3) is 0 Å². The summed E-state index contributed by atoms with van der Waals surface area (Å²) in [5, 5.41) is 8.80. The van der Waals surface area contributed by atoms with Gasteiger partial charge in [0, 0.05) is 16.7 Å². The summed E-state index contributed by atoms with van der Waals surface area (Å²) in [4.78, 5) is 25.3. The van der Waals surface area contributed by atoms with Gasteiger partial charge in [0.05, 0.1) is 10.1 Å². The lowest BCUT2D eigenvalue weighted by Gasteiger charge is -2.19. The van der Waals surface area contributed by atoms with Crippen LogP contribution < -0.4 is 0 Å². The highest BCUT2D eigenvalue weighted by atomic mass is 35.5. The number of carbonyl (C=O) groups is 2. The van der Waals surface area contributed by atoms with Crippen molar-refractivity contribution >= 4 is 46.6 Å². The summed E-state index contributed by atoms with van der Waals surface area (Å²) in [6, 6.07) is 3.92. The van der Waals surface area contributed by atoms with Crippen molar-refractivity contribution < 1.29 is 14.7 Å². The summed E-state index contributed by atoms with van der Waals surface area (Å²) in [7, 11) is 0. The zero-order chi connectivity index (χ0) is 13.8. The molecule has 0 aliphatic heterocycles. The van der Waals surface area contributed by atoms with E-state index in [2.05, 4.69) is 0 Å². The molecule has 0 spiro atoms. The Bertz CT molecular complexity index is 473. The molecule has 1 N–H and O–H groups in total. The number of hydrogen-bond donors (Lipinski definition) is 1. The molecule has 7 heteroatoms. The van der Waals surface area contributed by atoms with Crippen molar-refractivity contribution in [1.82, 2.24) is 4.90 Å². The largest absolute Gasteiger partial charge is 0.480 e. The molecular formula is C12H14ClNO3S2. The number of carboxylic acid groups (broad SMARTS) is 1. The molecule has 0 radical (unpaired) electrons. The van der Waals surface area contributed by atoms with Gasteiger partial charge in [-0.1, -0.05) is 11.6 Å².